The van der Waals surface area contributed by atoms with Crippen LogP contribution >= 0.6 is 11.8 Å². The number of aromatic nitrogens is 2. The molecule has 0 saturated heterocycles. The number of carbonyl (C=O) groups is 1. The number of carbonyl (C=O) groups excluding carboxylic acids is 1. The molecule has 1 amide bonds. The first-order valence-corrected chi connectivity index (χ1v) is 11.3. The van der Waals surface area contributed by atoms with Crippen LogP contribution in [0.25, 0.3) is 5.69 Å². The van der Waals surface area contributed by atoms with Crippen molar-refractivity contribution in [2.45, 2.75) is 30.4 Å². The van der Waals surface area contributed by atoms with Crippen LogP contribution in [0, 0.1) is 6.92 Å². The van der Waals surface area contributed by atoms with Crippen LogP contribution in [0.4, 0.5) is 0 Å². The van der Waals surface area contributed by atoms with Gasteiger partial charge >= 0.3 is 0 Å². The second kappa shape index (κ2) is 10.2. The maximum absolute atomic E-state index is 12.6. The summed E-state index contributed by atoms with van der Waals surface area (Å²) in [6.45, 7) is 2.60. The second-order valence-corrected chi connectivity index (χ2v) is 8.30. The van der Waals surface area contributed by atoms with Gasteiger partial charge in [0.1, 0.15) is 0 Å². The third-order valence-electron chi connectivity index (χ3n) is 5.02. The number of hydrogen-bond donors (Lipinski definition) is 1. The molecule has 0 aliphatic carbocycles. The van der Waals surface area contributed by atoms with Gasteiger partial charge in [-0.05, 0) is 55.7 Å². The molecule has 0 fully saturated rings. The van der Waals surface area contributed by atoms with E-state index in [0.29, 0.717) is 18.1 Å². The fourth-order valence-corrected chi connectivity index (χ4v) is 4.24. The minimum Gasteiger partial charge on any atom is -0.459 e. The number of aryl methyl sites for hydroxylation is 2. The standard InChI is InChI=1S/C25H25N3O2S/c1-19-20(17-28(27-19)22-10-4-2-5-11-22)9-8-15-26-25(29)24-21(14-16-30-24)18-31-23-12-6-3-7-13-23/h2-7,10-14,16-17H,8-9,15,18H2,1H3,(H,26,29). The average molecular weight is 432 g/mol. The molecule has 0 unspecified atom stereocenters. The summed E-state index contributed by atoms with van der Waals surface area (Å²) in [6, 6.07) is 22.1. The molecule has 1 N–H and O–H groups in total. The second-order valence-electron chi connectivity index (χ2n) is 7.26. The SMILES string of the molecule is Cc1nn(-c2ccccc2)cc1CCCNC(=O)c1occc1CSc1ccccc1. The lowest BCUT2D eigenvalue weighted by atomic mass is 10.1. The Morgan fingerprint density at radius 2 is 1.77 bits per heavy atom. The third kappa shape index (κ3) is 5.47. The van der Waals surface area contributed by atoms with Crippen LogP contribution in [-0.4, -0.2) is 22.2 Å². The van der Waals surface area contributed by atoms with Crippen molar-refractivity contribution in [3.05, 3.63) is 102 Å². The topological polar surface area (TPSA) is 60.1 Å². The van der Waals surface area contributed by atoms with E-state index in [1.54, 1.807) is 18.0 Å². The van der Waals surface area contributed by atoms with Crippen molar-refractivity contribution in [2.75, 3.05) is 6.54 Å². The van der Waals surface area contributed by atoms with E-state index in [0.717, 1.165) is 29.8 Å². The first kappa shape index (κ1) is 21.0. The summed E-state index contributed by atoms with van der Waals surface area (Å²) in [5.74, 6) is 0.933. The van der Waals surface area contributed by atoms with E-state index >= 15 is 0 Å². The van der Waals surface area contributed by atoms with Gasteiger partial charge in [0.05, 0.1) is 17.6 Å². The van der Waals surface area contributed by atoms with Gasteiger partial charge < -0.3 is 9.73 Å². The van der Waals surface area contributed by atoms with Gasteiger partial charge in [0, 0.05) is 29.0 Å². The Morgan fingerprint density at radius 3 is 2.55 bits per heavy atom. The van der Waals surface area contributed by atoms with E-state index in [9.17, 15) is 4.79 Å². The molecule has 4 rings (SSSR count). The lowest BCUT2D eigenvalue weighted by molar-refractivity contribution is 0.0924. The quantitative estimate of drug-likeness (QED) is 0.284. The van der Waals surface area contributed by atoms with E-state index < -0.39 is 0 Å². The predicted molar refractivity (Wildman–Crippen MR) is 124 cm³/mol. The van der Waals surface area contributed by atoms with Crippen molar-refractivity contribution in [1.82, 2.24) is 15.1 Å². The lowest BCUT2D eigenvalue weighted by Gasteiger charge is -2.05. The molecule has 0 aliphatic heterocycles. The van der Waals surface area contributed by atoms with Gasteiger partial charge in [0.25, 0.3) is 5.91 Å². The molecule has 0 radical (unpaired) electrons. The molecule has 158 valence electrons. The van der Waals surface area contributed by atoms with Gasteiger partial charge in [0.2, 0.25) is 0 Å². The Morgan fingerprint density at radius 1 is 1.03 bits per heavy atom. The summed E-state index contributed by atoms with van der Waals surface area (Å²) in [6.07, 6.45) is 5.34. The number of rotatable bonds is 9. The van der Waals surface area contributed by atoms with Crippen molar-refractivity contribution in [2.24, 2.45) is 0 Å². The van der Waals surface area contributed by atoms with Crippen molar-refractivity contribution in [3.8, 4) is 5.69 Å². The normalized spacial score (nSPS) is 10.9. The highest BCUT2D eigenvalue weighted by atomic mass is 32.2. The van der Waals surface area contributed by atoms with Gasteiger partial charge in [-0.1, -0.05) is 36.4 Å². The van der Waals surface area contributed by atoms with E-state index in [4.69, 9.17) is 4.42 Å². The number of para-hydroxylation sites is 1. The van der Waals surface area contributed by atoms with Crippen LogP contribution in [0.1, 0.15) is 33.8 Å². The molecule has 0 saturated carbocycles. The monoisotopic (exact) mass is 431 g/mol. The van der Waals surface area contributed by atoms with E-state index in [-0.39, 0.29) is 5.91 Å². The fourth-order valence-electron chi connectivity index (χ4n) is 3.34. The van der Waals surface area contributed by atoms with Crippen molar-refractivity contribution in [1.29, 1.82) is 0 Å². The minimum absolute atomic E-state index is 0.162. The molecule has 2 heterocycles. The Hall–Kier alpha value is -3.25. The highest BCUT2D eigenvalue weighted by Gasteiger charge is 2.15. The fraction of sp³-hybridized carbons (Fsp3) is 0.200. The van der Waals surface area contributed by atoms with Gasteiger partial charge in [-0.25, -0.2) is 4.68 Å². The van der Waals surface area contributed by atoms with Crippen LogP contribution in [-0.2, 0) is 12.2 Å². The summed E-state index contributed by atoms with van der Waals surface area (Å²) >= 11 is 1.69. The Bertz CT molecular complexity index is 1120. The predicted octanol–water partition coefficient (Wildman–Crippen LogP) is 5.43. The van der Waals surface area contributed by atoms with Gasteiger partial charge in [-0.3, -0.25) is 4.79 Å². The lowest BCUT2D eigenvalue weighted by Crippen LogP contribution is -2.25. The molecule has 0 spiro atoms. The Kier molecular flexibility index (Phi) is 6.89. The Balaban J connectivity index is 1.27. The van der Waals surface area contributed by atoms with E-state index in [2.05, 4.69) is 28.7 Å². The summed E-state index contributed by atoms with van der Waals surface area (Å²) < 4.78 is 7.37. The minimum atomic E-state index is -0.162. The maximum atomic E-state index is 12.6. The zero-order valence-corrected chi connectivity index (χ0v) is 18.3. The summed E-state index contributed by atoms with van der Waals surface area (Å²) in [5.41, 5.74) is 4.16. The Labute approximate surface area is 186 Å². The summed E-state index contributed by atoms with van der Waals surface area (Å²) in [7, 11) is 0. The zero-order chi connectivity index (χ0) is 21.5. The van der Waals surface area contributed by atoms with Crippen LogP contribution < -0.4 is 5.32 Å². The highest BCUT2D eigenvalue weighted by Crippen LogP contribution is 2.24. The van der Waals surface area contributed by atoms with Gasteiger partial charge in [-0.15, -0.1) is 11.8 Å². The number of amides is 1. The van der Waals surface area contributed by atoms with Crippen LogP contribution in [0.2, 0.25) is 0 Å². The summed E-state index contributed by atoms with van der Waals surface area (Å²) in [4.78, 5) is 13.7. The summed E-state index contributed by atoms with van der Waals surface area (Å²) in [5, 5.41) is 7.59. The van der Waals surface area contributed by atoms with Crippen molar-refractivity contribution < 1.29 is 9.21 Å². The van der Waals surface area contributed by atoms with Crippen LogP contribution in [0.15, 0.2) is 88.5 Å². The smallest absolute Gasteiger partial charge is 0.287 e. The zero-order valence-electron chi connectivity index (χ0n) is 17.5. The highest BCUT2D eigenvalue weighted by molar-refractivity contribution is 7.98. The largest absolute Gasteiger partial charge is 0.459 e. The molecule has 31 heavy (non-hydrogen) atoms. The molecule has 6 heteroatoms. The van der Waals surface area contributed by atoms with Crippen LogP contribution in [0.5, 0.6) is 0 Å². The first-order chi connectivity index (χ1) is 15.2. The molecule has 5 nitrogen and oxygen atoms in total. The molecule has 0 bridgehead atoms. The third-order valence-corrected chi connectivity index (χ3v) is 6.08. The van der Waals surface area contributed by atoms with Crippen LogP contribution in [0.3, 0.4) is 0 Å². The molecular formula is C25H25N3O2S. The van der Waals surface area contributed by atoms with Crippen molar-refractivity contribution in [3.63, 3.8) is 0 Å². The number of nitrogens with one attached hydrogen (secondary N) is 1. The molecule has 0 aliphatic rings. The number of benzene rings is 2. The van der Waals surface area contributed by atoms with Crippen molar-refractivity contribution >= 4 is 17.7 Å². The number of nitrogens with zero attached hydrogens (tertiary/aromatic N) is 2. The molecule has 2 aromatic heterocycles. The maximum Gasteiger partial charge on any atom is 0.287 e. The molecular weight excluding hydrogens is 406 g/mol. The van der Waals surface area contributed by atoms with E-state index in [1.807, 2.05) is 66.2 Å². The van der Waals surface area contributed by atoms with Gasteiger partial charge in [0.15, 0.2) is 5.76 Å². The molecule has 0 atom stereocenters. The van der Waals surface area contributed by atoms with Gasteiger partial charge in [-0.2, -0.15) is 5.10 Å². The number of hydrogen-bond acceptors (Lipinski definition) is 4. The number of thioether (sulfide) groups is 1. The number of furan rings is 1. The average Bonchev–Trinajstić information content (AvgIpc) is 3.43. The molecule has 2 aromatic carbocycles. The first-order valence-electron chi connectivity index (χ1n) is 10.3. The van der Waals surface area contributed by atoms with E-state index in [1.165, 1.54) is 10.5 Å². The molecule has 4 aromatic rings.